The van der Waals surface area contributed by atoms with E-state index in [0.717, 1.165) is 42.5 Å². The molecular weight excluding hydrogens is 254 g/mol. The molecule has 0 atom stereocenters. The van der Waals surface area contributed by atoms with Crippen molar-refractivity contribution in [2.45, 2.75) is 38.0 Å². The molecule has 5 nitrogen and oxygen atoms in total. The van der Waals surface area contributed by atoms with Crippen LogP contribution < -0.4 is 0 Å². The lowest BCUT2D eigenvalue weighted by molar-refractivity contribution is -0.150. The number of carbonyl (C=O) groups is 1. The van der Waals surface area contributed by atoms with Crippen molar-refractivity contribution in [3.63, 3.8) is 0 Å². The van der Waals surface area contributed by atoms with Crippen molar-refractivity contribution in [3.8, 4) is 0 Å². The van der Waals surface area contributed by atoms with Crippen LogP contribution in [0.15, 0.2) is 18.5 Å². The Bertz CT molecular complexity index is 642. The van der Waals surface area contributed by atoms with E-state index < -0.39 is 5.41 Å². The minimum absolute atomic E-state index is 0.135. The van der Waals surface area contributed by atoms with E-state index in [-0.39, 0.29) is 5.97 Å². The summed E-state index contributed by atoms with van der Waals surface area (Å²) in [6.45, 7) is 2.26. The summed E-state index contributed by atoms with van der Waals surface area (Å²) in [5.41, 5.74) is 1.26. The van der Waals surface area contributed by atoms with E-state index in [1.807, 2.05) is 24.6 Å². The zero-order valence-electron chi connectivity index (χ0n) is 11.9. The van der Waals surface area contributed by atoms with Crippen molar-refractivity contribution in [1.82, 2.24) is 14.5 Å². The predicted octanol–water partition coefficient (Wildman–Crippen LogP) is 2.34. The summed E-state index contributed by atoms with van der Waals surface area (Å²) in [5.74, 6) is 0.681. The highest BCUT2D eigenvalue weighted by Gasteiger charge is 2.47. The zero-order valence-corrected chi connectivity index (χ0v) is 11.9. The molecular formula is C15H19N3O2. The molecule has 0 aromatic carbocycles. The summed E-state index contributed by atoms with van der Waals surface area (Å²) in [6, 6.07) is 1.93. The van der Waals surface area contributed by atoms with Crippen molar-refractivity contribution in [2.24, 2.45) is 7.05 Å². The van der Waals surface area contributed by atoms with Gasteiger partial charge in [-0.15, -0.1) is 0 Å². The van der Waals surface area contributed by atoms with Crippen LogP contribution in [0.4, 0.5) is 0 Å². The van der Waals surface area contributed by atoms with Crippen LogP contribution in [-0.4, -0.2) is 27.1 Å². The maximum atomic E-state index is 12.5. The molecule has 0 spiro atoms. The van der Waals surface area contributed by atoms with Crippen LogP contribution in [-0.2, 0) is 22.0 Å². The lowest BCUT2D eigenvalue weighted by Crippen LogP contribution is -2.37. The van der Waals surface area contributed by atoms with E-state index in [2.05, 4.69) is 9.97 Å². The van der Waals surface area contributed by atoms with Crippen molar-refractivity contribution in [1.29, 1.82) is 0 Å². The van der Waals surface area contributed by atoms with Gasteiger partial charge in [-0.3, -0.25) is 9.78 Å². The molecule has 0 N–H and O–H groups in total. The first-order valence-electron chi connectivity index (χ1n) is 7.13. The fraction of sp³-hybridized carbons (Fsp3) is 0.533. The molecule has 0 radical (unpaired) electrons. The third-order valence-corrected chi connectivity index (χ3v) is 4.23. The first-order valence-corrected chi connectivity index (χ1v) is 7.13. The molecule has 2 aromatic rings. The van der Waals surface area contributed by atoms with Gasteiger partial charge < -0.3 is 9.30 Å². The average Bonchev–Trinajstić information content (AvgIpc) is 3.06. The quantitative estimate of drug-likeness (QED) is 0.805. The van der Waals surface area contributed by atoms with Crippen LogP contribution in [0.25, 0.3) is 11.0 Å². The van der Waals surface area contributed by atoms with Crippen LogP contribution in [0.3, 0.4) is 0 Å². The summed E-state index contributed by atoms with van der Waals surface area (Å²) >= 11 is 0. The van der Waals surface area contributed by atoms with Crippen molar-refractivity contribution >= 4 is 17.0 Å². The zero-order chi connectivity index (χ0) is 14.2. The van der Waals surface area contributed by atoms with E-state index in [4.69, 9.17) is 4.74 Å². The van der Waals surface area contributed by atoms with Gasteiger partial charge in [0.25, 0.3) is 0 Å². The highest BCUT2D eigenvalue weighted by atomic mass is 16.5. The number of ether oxygens (including phenoxy) is 1. The van der Waals surface area contributed by atoms with Gasteiger partial charge in [-0.1, -0.05) is 12.8 Å². The van der Waals surface area contributed by atoms with Gasteiger partial charge >= 0.3 is 5.97 Å². The standard InChI is InChI=1S/C15H19N3O2/c1-3-20-14(19)15(7-4-5-8-15)13-17-11-10-16-9-6-12(11)18(13)2/h6,9-10H,3-5,7-8H2,1-2H3. The number of rotatable bonds is 3. The molecule has 106 valence electrons. The van der Waals surface area contributed by atoms with Gasteiger partial charge in [0.05, 0.1) is 18.3 Å². The first-order chi connectivity index (χ1) is 9.69. The van der Waals surface area contributed by atoms with E-state index in [1.54, 1.807) is 12.4 Å². The SMILES string of the molecule is CCOC(=O)C1(c2nc3cnccc3n2C)CCCC1. The molecule has 2 heterocycles. The number of aryl methyl sites for hydroxylation is 1. The molecule has 0 bridgehead atoms. The molecule has 20 heavy (non-hydrogen) atoms. The minimum Gasteiger partial charge on any atom is -0.465 e. The third kappa shape index (κ3) is 1.80. The highest BCUT2D eigenvalue weighted by Crippen LogP contribution is 2.42. The second kappa shape index (κ2) is 4.89. The number of aromatic nitrogens is 3. The highest BCUT2D eigenvalue weighted by molar-refractivity contribution is 5.85. The summed E-state index contributed by atoms with van der Waals surface area (Å²) < 4.78 is 7.34. The Morgan fingerprint density at radius 1 is 1.45 bits per heavy atom. The van der Waals surface area contributed by atoms with Crippen molar-refractivity contribution in [2.75, 3.05) is 6.61 Å². The molecule has 0 aliphatic heterocycles. The molecule has 5 heteroatoms. The summed E-state index contributed by atoms with van der Waals surface area (Å²) in [4.78, 5) is 21.3. The average molecular weight is 273 g/mol. The number of fused-ring (bicyclic) bond motifs is 1. The Kier molecular flexibility index (Phi) is 3.20. The lowest BCUT2D eigenvalue weighted by atomic mass is 9.85. The first kappa shape index (κ1) is 13.1. The topological polar surface area (TPSA) is 57.0 Å². The summed E-state index contributed by atoms with van der Waals surface area (Å²) in [7, 11) is 1.96. The van der Waals surface area contributed by atoms with E-state index in [1.165, 1.54) is 0 Å². The smallest absolute Gasteiger partial charge is 0.319 e. The molecule has 3 rings (SSSR count). The molecule has 1 fully saturated rings. The number of pyridine rings is 1. The second-order valence-electron chi connectivity index (χ2n) is 5.37. The van der Waals surface area contributed by atoms with Crippen LogP contribution in [0.1, 0.15) is 38.4 Å². The Hall–Kier alpha value is -1.91. The number of esters is 1. The Labute approximate surface area is 118 Å². The monoisotopic (exact) mass is 273 g/mol. The van der Waals surface area contributed by atoms with Gasteiger partial charge in [0.15, 0.2) is 0 Å². The van der Waals surface area contributed by atoms with Gasteiger partial charge in [0, 0.05) is 13.2 Å². The maximum Gasteiger partial charge on any atom is 0.319 e. The van der Waals surface area contributed by atoms with Crippen LogP contribution in [0.5, 0.6) is 0 Å². The number of imidazole rings is 1. The van der Waals surface area contributed by atoms with Gasteiger partial charge in [0.2, 0.25) is 0 Å². The molecule has 1 aliphatic carbocycles. The number of nitrogens with zero attached hydrogens (tertiary/aromatic N) is 3. The van der Waals surface area contributed by atoms with Gasteiger partial charge in [-0.05, 0) is 25.8 Å². The van der Waals surface area contributed by atoms with Crippen molar-refractivity contribution < 1.29 is 9.53 Å². The molecule has 0 saturated heterocycles. The van der Waals surface area contributed by atoms with E-state index in [0.29, 0.717) is 6.61 Å². The van der Waals surface area contributed by atoms with Crippen LogP contribution in [0.2, 0.25) is 0 Å². The normalized spacial score (nSPS) is 17.5. The largest absolute Gasteiger partial charge is 0.465 e. The fourth-order valence-corrected chi connectivity index (χ4v) is 3.25. The van der Waals surface area contributed by atoms with Gasteiger partial charge in [0.1, 0.15) is 16.8 Å². The van der Waals surface area contributed by atoms with E-state index >= 15 is 0 Å². The molecule has 1 aliphatic rings. The molecule has 2 aromatic heterocycles. The fourth-order valence-electron chi connectivity index (χ4n) is 3.25. The molecule has 0 amide bonds. The number of hydrogen-bond donors (Lipinski definition) is 0. The lowest BCUT2D eigenvalue weighted by Gasteiger charge is -2.25. The summed E-state index contributed by atoms with van der Waals surface area (Å²) in [5, 5.41) is 0. The second-order valence-corrected chi connectivity index (χ2v) is 5.37. The summed E-state index contributed by atoms with van der Waals surface area (Å²) in [6.07, 6.45) is 7.21. The predicted molar refractivity (Wildman–Crippen MR) is 75.3 cm³/mol. The Morgan fingerprint density at radius 3 is 2.85 bits per heavy atom. The van der Waals surface area contributed by atoms with Crippen LogP contribution >= 0.6 is 0 Å². The molecule has 1 saturated carbocycles. The maximum absolute atomic E-state index is 12.5. The third-order valence-electron chi connectivity index (χ3n) is 4.23. The number of hydrogen-bond acceptors (Lipinski definition) is 4. The minimum atomic E-state index is -0.580. The van der Waals surface area contributed by atoms with Gasteiger partial charge in [-0.2, -0.15) is 0 Å². The van der Waals surface area contributed by atoms with E-state index in [9.17, 15) is 4.79 Å². The van der Waals surface area contributed by atoms with Gasteiger partial charge in [-0.25, -0.2) is 4.98 Å². The molecule has 0 unspecified atom stereocenters. The number of carbonyl (C=O) groups excluding carboxylic acids is 1. The Morgan fingerprint density at radius 2 is 2.20 bits per heavy atom. The van der Waals surface area contributed by atoms with Crippen LogP contribution in [0, 0.1) is 0 Å². The Balaban J connectivity index is 2.15. The van der Waals surface area contributed by atoms with Crippen molar-refractivity contribution in [3.05, 3.63) is 24.3 Å².